The minimum atomic E-state index is -3.69. The number of rotatable bonds is 12. The zero-order valence-corrected chi connectivity index (χ0v) is 18.7. The Morgan fingerprint density at radius 3 is 2.53 bits per heavy atom. The molecule has 0 aliphatic heterocycles. The van der Waals surface area contributed by atoms with E-state index in [1.165, 1.54) is 24.8 Å². The van der Waals surface area contributed by atoms with E-state index in [4.69, 9.17) is 4.74 Å². The number of amides is 1. The molecule has 0 aliphatic rings. The van der Waals surface area contributed by atoms with Gasteiger partial charge in [0, 0.05) is 32.3 Å². The van der Waals surface area contributed by atoms with Crippen molar-refractivity contribution in [3.8, 4) is 0 Å². The molecule has 8 heteroatoms. The molecule has 0 spiro atoms. The number of ether oxygens (including phenoxy) is 1. The number of nitrogens with zero attached hydrogens (tertiary/aromatic N) is 1. The molecule has 0 heterocycles. The van der Waals surface area contributed by atoms with Crippen LogP contribution in [0, 0.1) is 6.92 Å². The molecule has 2 rings (SSSR count). The molecule has 7 nitrogen and oxygen atoms in total. The van der Waals surface area contributed by atoms with Crippen LogP contribution in [0.25, 0.3) is 0 Å². The highest BCUT2D eigenvalue weighted by Crippen LogP contribution is 2.15. The fourth-order valence-electron chi connectivity index (χ4n) is 2.99. The summed E-state index contributed by atoms with van der Waals surface area (Å²) in [4.78, 5) is 14.8. The zero-order chi connectivity index (χ0) is 22.0. The molecule has 0 unspecified atom stereocenters. The summed E-state index contributed by atoms with van der Waals surface area (Å²) in [6.45, 7) is 4.44. The summed E-state index contributed by atoms with van der Waals surface area (Å²) >= 11 is 0. The summed E-state index contributed by atoms with van der Waals surface area (Å²) < 4.78 is 32.1. The second-order valence-electron chi connectivity index (χ2n) is 7.20. The molecule has 0 atom stereocenters. The molecule has 2 aromatic carbocycles. The minimum absolute atomic E-state index is 0.0666. The van der Waals surface area contributed by atoms with Gasteiger partial charge in [0.05, 0.1) is 11.5 Å². The maximum Gasteiger partial charge on any atom is 0.251 e. The lowest BCUT2D eigenvalue weighted by Gasteiger charge is -2.17. The quantitative estimate of drug-likeness (QED) is 0.501. The van der Waals surface area contributed by atoms with Gasteiger partial charge in [-0.3, -0.25) is 4.79 Å². The summed E-state index contributed by atoms with van der Waals surface area (Å²) in [5.74, 6) is -0.271. The predicted octanol–water partition coefficient (Wildman–Crippen LogP) is 2.17. The van der Waals surface area contributed by atoms with E-state index in [1.807, 2.05) is 25.2 Å². The second kappa shape index (κ2) is 11.8. The van der Waals surface area contributed by atoms with Gasteiger partial charge in [-0.15, -0.1) is 0 Å². The van der Waals surface area contributed by atoms with Gasteiger partial charge < -0.3 is 15.0 Å². The van der Waals surface area contributed by atoms with E-state index in [9.17, 15) is 13.2 Å². The largest absolute Gasteiger partial charge is 0.383 e. The van der Waals surface area contributed by atoms with Crippen LogP contribution in [0.2, 0.25) is 0 Å². The Labute approximate surface area is 179 Å². The molecule has 0 radical (unpaired) electrons. The van der Waals surface area contributed by atoms with E-state index in [1.54, 1.807) is 13.0 Å². The van der Waals surface area contributed by atoms with Crippen LogP contribution in [0.3, 0.4) is 0 Å². The van der Waals surface area contributed by atoms with E-state index in [0.29, 0.717) is 12.1 Å². The summed E-state index contributed by atoms with van der Waals surface area (Å²) in [5.41, 5.74) is 2.34. The number of hydrogen-bond donors (Lipinski definition) is 2. The molecule has 0 fully saturated rings. The van der Waals surface area contributed by atoms with Gasteiger partial charge in [-0.25, -0.2) is 13.1 Å². The summed E-state index contributed by atoms with van der Waals surface area (Å²) in [6.07, 6.45) is 0.796. The van der Waals surface area contributed by atoms with E-state index < -0.39 is 10.0 Å². The van der Waals surface area contributed by atoms with Gasteiger partial charge in [-0.05, 0) is 50.2 Å². The van der Waals surface area contributed by atoms with E-state index in [-0.39, 0.29) is 24.0 Å². The lowest BCUT2D eigenvalue weighted by atomic mass is 10.1. The Morgan fingerprint density at radius 2 is 1.83 bits per heavy atom. The van der Waals surface area contributed by atoms with Crippen molar-refractivity contribution >= 4 is 15.9 Å². The maximum atomic E-state index is 12.6. The van der Waals surface area contributed by atoms with Crippen LogP contribution in [0.1, 0.15) is 27.9 Å². The number of benzene rings is 2. The van der Waals surface area contributed by atoms with Crippen molar-refractivity contribution < 1.29 is 17.9 Å². The Morgan fingerprint density at radius 1 is 1.10 bits per heavy atom. The van der Waals surface area contributed by atoms with Gasteiger partial charge in [0.2, 0.25) is 10.0 Å². The molecule has 0 saturated heterocycles. The first kappa shape index (κ1) is 24.0. The standard InChI is InChI=1S/C22H31N3O4S/c1-18-10-11-20(30(27,28)24-13-15-29-3)16-21(18)22(26)23-12-7-14-25(2)17-19-8-5-4-6-9-19/h4-6,8-11,16,24H,7,12-15,17H2,1-3H3,(H,23,26). The molecular weight excluding hydrogens is 402 g/mol. The SMILES string of the molecule is COCCNS(=O)(=O)c1ccc(C)c(C(=O)NCCCN(C)Cc2ccccc2)c1. The molecule has 0 bridgehead atoms. The molecule has 164 valence electrons. The number of sulfonamides is 1. The van der Waals surface area contributed by atoms with Crippen LogP contribution >= 0.6 is 0 Å². The topological polar surface area (TPSA) is 87.7 Å². The number of carbonyl (C=O) groups excluding carboxylic acids is 1. The van der Waals surface area contributed by atoms with Crippen molar-refractivity contribution in [2.45, 2.75) is 24.8 Å². The normalized spacial score (nSPS) is 11.6. The first-order chi connectivity index (χ1) is 14.3. The van der Waals surface area contributed by atoms with Crippen molar-refractivity contribution in [2.24, 2.45) is 0 Å². The Hall–Kier alpha value is -2.26. The van der Waals surface area contributed by atoms with Crippen LogP contribution in [-0.2, 0) is 21.3 Å². The third kappa shape index (κ3) is 7.53. The molecule has 30 heavy (non-hydrogen) atoms. The van der Waals surface area contributed by atoms with E-state index in [2.05, 4.69) is 27.1 Å². The first-order valence-corrected chi connectivity index (χ1v) is 11.4. The van der Waals surface area contributed by atoms with Crippen LogP contribution < -0.4 is 10.0 Å². The van der Waals surface area contributed by atoms with Gasteiger partial charge in [0.25, 0.3) is 5.91 Å². The zero-order valence-electron chi connectivity index (χ0n) is 17.8. The fraction of sp³-hybridized carbons (Fsp3) is 0.409. The molecule has 2 N–H and O–H groups in total. The van der Waals surface area contributed by atoms with Gasteiger partial charge in [0.15, 0.2) is 0 Å². The Bertz CT molecular complexity index is 917. The smallest absolute Gasteiger partial charge is 0.251 e. The molecule has 1 amide bonds. The van der Waals surface area contributed by atoms with Crippen LogP contribution in [-0.4, -0.2) is 59.6 Å². The third-order valence-electron chi connectivity index (χ3n) is 4.66. The number of nitrogens with one attached hydrogen (secondary N) is 2. The van der Waals surface area contributed by atoms with Crippen molar-refractivity contribution in [2.75, 3.05) is 40.4 Å². The van der Waals surface area contributed by atoms with Crippen molar-refractivity contribution in [1.82, 2.24) is 14.9 Å². The monoisotopic (exact) mass is 433 g/mol. The van der Waals surface area contributed by atoms with E-state index in [0.717, 1.165) is 25.1 Å². The van der Waals surface area contributed by atoms with Gasteiger partial charge >= 0.3 is 0 Å². The molecular formula is C22H31N3O4S. The minimum Gasteiger partial charge on any atom is -0.383 e. The summed E-state index contributed by atoms with van der Waals surface area (Å²) in [7, 11) is -0.141. The van der Waals surface area contributed by atoms with Crippen LogP contribution in [0.4, 0.5) is 0 Å². The Kier molecular flexibility index (Phi) is 9.45. The average molecular weight is 434 g/mol. The van der Waals surface area contributed by atoms with E-state index >= 15 is 0 Å². The van der Waals surface area contributed by atoms with Gasteiger partial charge in [-0.1, -0.05) is 36.4 Å². The van der Waals surface area contributed by atoms with Crippen molar-refractivity contribution in [1.29, 1.82) is 0 Å². The Balaban J connectivity index is 1.87. The first-order valence-electron chi connectivity index (χ1n) is 9.93. The molecule has 0 aliphatic carbocycles. The average Bonchev–Trinajstić information content (AvgIpc) is 2.72. The highest BCUT2D eigenvalue weighted by atomic mass is 32.2. The highest BCUT2D eigenvalue weighted by molar-refractivity contribution is 7.89. The highest BCUT2D eigenvalue weighted by Gasteiger charge is 2.17. The fourth-order valence-corrected chi connectivity index (χ4v) is 4.03. The summed E-state index contributed by atoms with van der Waals surface area (Å²) in [6, 6.07) is 14.8. The lowest BCUT2D eigenvalue weighted by molar-refractivity contribution is 0.0951. The number of carbonyl (C=O) groups is 1. The third-order valence-corrected chi connectivity index (χ3v) is 6.12. The molecule has 0 saturated carbocycles. The molecule has 0 aromatic heterocycles. The molecule has 2 aromatic rings. The number of methoxy groups -OCH3 is 1. The second-order valence-corrected chi connectivity index (χ2v) is 8.97. The van der Waals surface area contributed by atoms with Gasteiger partial charge in [0.1, 0.15) is 0 Å². The lowest BCUT2D eigenvalue weighted by Crippen LogP contribution is -2.30. The van der Waals surface area contributed by atoms with Crippen LogP contribution in [0.15, 0.2) is 53.4 Å². The van der Waals surface area contributed by atoms with Gasteiger partial charge in [-0.2, -0.15) is 0 Å². The predicted molar refractivity (Wildman–Crippen MR) is 118 cm³/mol. The summed E-state index contributed by atoms with van der Waals surface area (Å²) in [5, 5.41) is 2.89. The maximum absolute atomic E-state index is 12.6. The number of aryl methyl sites for hydroxylation is 1. The van der Waals surface area contributed by atoms with Crippen LogP contribution in [0.5, 0.6) is 0 Å². The van der Waals surface area contributed by atoms with Crippen molar-refractivity contribution in [3.63, 3.8) is 0 Å². The number of hydrogen-bond acceptors (Lipinski definition) is 5. The van der Waals surface area contributed by atoms with Crippen molar-refractivity contribution in [3.05, 3.63) is 65.2 Å².